The van der Waals surface area contributed by atoms with E-state index in [1.165, 1.54) is 54.4 Å². The van der Waals surface area contributed by atoms with E-state index in [-0.39, 0.29) is 5.41 Å². The van der Waals surface area contributed by atoms with Gasteiger partial charge in [0.05, 0.1) is 0 Å². The summed E-state index contributed by atoms with van der Waals surface area (Å²) in [5, 5.41) is 0. The number of hydrogen-bond acceptors (Lipinski definition) is 0. The predicted octanol–water partition coefficient (Wildman–Crippen LogP) is 7.97. The molecule has 0 aliphatic heterocycles. The fourth-order valence-corrected chi connectivity index (χ4v) is 5.74. The van der Waals surface area contributed by atoms with Crippen LogP contribution in [0.25, 0.3) is 0 Å². The van der Waals surface area contributed by atoms with Crippen molar-refractivity contribution in [1.29, 1.82) is 0 Å². The summed E-state index contributed by atoms with van der Waals surface area (Å²) in [6, 6.07) is 19.2. The third-order valence-corrected chi connectivity index (χ3v) is 7.08. The highest BCUT2D eigenvalue weighted by Crippen LogP contribution is 2.53. The standard InChI is InChI=1S/C28H40/c1-7-21(3)17-24-11-15-26(16-12-24)28(19-22(4)18-27(5,6)20-28)25-13-9-23(8-2)10-14-25/h9-16,21-22H,7-8,17-20H2,1-6H3. The van der Waals surface area contributed by atoms with Gasteiger partial charge in [0.25, 0.3) is 0 Å². The van der Waals surface area contributed by atoms with Crippen LogP contribution in [-0.2, 0) is 18.3 Å². The van der Waals surface area contributed by atoms with Crippen LogP contribution in [0.3, 0.4) is 0 Å². The highest BCUT2D eigenvalue weighted by molar-refractivity contribution is 5.42. The molecule has 1 saturated carbocycles. The minimum Gasteiger partial charge on any atom is -0.0651 e. The summed E-state index contributed by atoms with van der Waals surface area (Å²) >= 11 is 0. The number of hydrogen-bond donors (Lipinski definition) is 0. The summed E-state index contributed by atoms with van der Waals surface area (Å²) in [5.74, 6) is 1.50. The minimum atomic E-state index is 0.141. The van der Waals surface area contributed by atoms with Crippen molar-refractivity contribution in [2.45, 2.75) is 85.5 Å². The SMILES string of the molecule is CCc1ccc(C2(c3ccc(CC(C)CC)cc3)CC(C)CC(C)(C)C2)cc1. The molecule has 3 rings (SSSR count). The smallest absolute Gasteiger partial charge is 0.0210 e. The van der Waals surface area contributed by atoms with Crippen molar-refractivity contribution in [2.75, 3.05) is 0 Å². The summed E-state index contributed by atoms with van der Waals surface area (Å²) in [4.78, 5) is 0. The molecule has 0 radical (unpaired) electrons. The van der Waals surface area contributed by atoms with Gasteiger partial charge < -0.3 is 0 Å². The molecule has 3 unspecified atom stereocenters. The third-order valence-electron chi connectivity index (χ3n) is 7.08. The zero-order valence-electron chi connectivity index (χ0n) is 19.0. The Kier molecular flexibility index (Phi) is 6.37. The van der Waals surface area contributed by atoms with E-state index >= 15 is 0 Å². The predicted molar refractivity (Wildman–Crippen MR) is 123 cm³/mol. The number of aryl methyl sites for hydroxylation is 1. The van der Waals surface area contributed by atoms with Gasteiger partial charge in [-0.1, -0.05) is 96.5 Å². The van der Waals surface area contributed by atoms with Crippen molar-refractivity contribution >= 4 is 0 Å². The van der Waals surface area contributed by atoms with Crippen LogP contribution in [0.5, 0.6) is 0 Å². The van der Waals surface area contributed by atoms with E-state index in [9.17, 15) is 0 Å². The van der Waals surface area contributed by atoms with Gasteiger partial charge in [-0.3, -0.25) is 0 Å². The quantitative estimate of drug-likeness (QED) is 0.479. The van der Waals surface area contributed by atoms with Crippen LogP contribution in [0.15, 0.2) is 48.5 Å². The van der Waals surface area contributed by atoms with Crippen molar-refractivity contribution in [3.05, 3.63) is 70.8 Å². The maximum atomic E-state index is 2.47. The zero-order chi connectivity index (χ0) is 20.4. The fraction of sp³-hybridized carbons (Fsp3) is 0.571. The van der Waals surface area contributed by atoms with Crippen LogP contribution in [0, 0.1) is 17.3 Å². The molecular weight excluding hydrogens is 336 g/mol. The Morgan fingerprint density at radius 3 is 1.86 bits per heavy atom. The molecule has 0 amide bonds. The molecule has 0 N–H and O–H groups in total. The maximum Gasteiger partial charge on any atom is 0.0210 e. The minimum absolute atomic E-state index is 0.141. The molecule has 0 aromatic heterocycles. The lowest BCUT2D eigenvalue weighted by molar-refractivity contribution is 0.127. The Hall–Kier alpha value is -1.56. The lowest BCUT2D eigenvalue weighted by atomic mass is 9.55. The third kappa shape index (κ3) is 4.53. The van der Waals surface area contributed by atoms with E-state index in [0.29, 0.717) is 5.41 Å². The van der Waals surface area contributed by atoms with E-state index in [1.54, 1.807) is 0 Å². The molecule has 1 aliphatic rings. The lowest BCUT2D eigenvalue weighted by Gasteiger charge is -2.49. The normalized spacial score (nSPS) is 25.4. The summed E-state index contributed by atoms with van der Waals surface area (Å²) in [6.07, 6.45) is 7.37. The van der Waals surface area contributed by atoms with E-state index in [1.807, 2.05) is 0 Å². The average molecular weight is 377 g/mol. The number of benzene rings is 2. The number of rotatable bonds is 6. The Balaban J connectivity index is 2.03. The molecule has 0 heterocycles. The lowest BCUT2D eigenvalue weighted by Crippen LogP contribution is -2.41. The monoisotopic (exact) mass is 376 g/mol. The zero-order valence-corrected chi connectivity index (χ0v) is 19.0. The molecule has 0 bridgehead atoms. The Labute approximate surface area is 173 Å². The molecule has 2 aromatic carbocycles. The van der Waals surface area contributed by atoms with Gasteiger partial charge in [0.2, 0.25) is 0 Å². The summed E-state index contributed by atoms with van der Waals surface area (Å²) in [6.45, 7) is 14.3. The van der Waals surface area contributed by atoms with Crippen molar-refractivity contribution in [2.24, 2.45) is 17.3 Å². The molecule has 152 valence electrons. The van der Waals surface area contributed by atoms with Gasteiger partial charge in [-0.15, -0.1) is 0 Å². The molecule has 0 heteroatoms. The Bertz CT molecular complexity index is 750. The van der Waals surface area contributed by atoms with Crippen molar-refractivity contribution < 1.29 is 0 Å². The highest BCUT2D eigenvalue weighted by Gasteiger charge is 2.45. The molecule has 28 heavy (non-hydrogen) atoms. The second-order valence-electron chi connectivity index (χ2n) is 10.4. The van der Waals surface area contributed by atoms with Crippen LogP contribution in [0.1, 0.15) is 89.5 Å². The molecular formula is C28H40. The highest BCUT2D eigenvalue weighted by atomic mass is 14.5. The van der Waals surface area contributed by atoms with Gasteiger partial charge >= 0.3 is 0 Å². The van der Waals surface area contributed by atoms with Crippen molar-refractivity contribution in [1.82, 2.24) is 0 Å². The fourth-order valence-electron chi connectivity index (χ4n) is 5.74. The summed E-state index contributed by atoms with van der Waals surface area (Å²) in [5.41, 5.74) is 6.46. The van der Waals surface area contributed by atoms with Gasteiger partial charge in [-0.05, 0) is 71.6 Å². The van der Waals surface area contributed by atoms with Crippen LogP contribution in [0.4, 0.5) is 0 Å². The van der Waals surface area contributed by atoms with E-state index < -0.39 is 0 Å². The van der Waals surface area contributed by atoms with Crippen LogP contribution in [-0.4, -0.2) is 0 Å². The Morgan fingerprint density at radius 2 is 1.39 bits per heavy atom. The van der Waals surface area contributed by atoms with E-state index in [2.05, 4.69) is 90.1 Å². The largest absolute Gasteiger partial charge is 0.0651 e. The van der Waals surface area contributed by atoms with Gasteiger partial charge in [-0.25, -0.2) is 0 Å². The average Bonchev–Trinajstić information content (AvgIpc) is 2.66. The van der Waals surface area contributed by atoms with Crippen molar-refractivity contribution in [3.8, 4) is 0 Å². The molecule has 2 aromatic rings. The Morgan fingerprint density at radius 1 is 0.857 bits per heavy atom. The molecule has 0 nitrogen and oxygen atoms in total. The van der Waals surface area contributed by atoms with E-state index in [0.717, 1.165) is 18.3 Å². The van der Waals surface area contributed by atoms with Gasteiger partial charge in [0.1, 0.15) is 0 Å². The second kappa shape index (κ2) is 8.44. The first-order chi connectivity index (χ1) is 13.3. The van der Waals surface area contributed by atoms with Crippen LogP contribution < -0.4 is 0 Å². The maximum absolute atomic E-state index is 2.47. The second-order valence-corrected chi connectivity index (χ2v) is 10.4. The summed E-state index contributed by atoms with van der Waals surface area (Å²) in [7, 11) is 0. The summed E-state index contributed by atoms with van der Waals surface area (Å²) < 4.78 is 0. The van der Waals surface area contributed by atoms with Gasteiger partial charge in [0, 0.05) is 5.41 Å². The molecule has 0 saturated heterocycles. The topological polar surface area (TPSA) is 0 Å². The molecule has 1 aliphatic carbocycles. The van der Waals surface area contributed by atoms with Crippen molar-refractivity contribution in [3.63, 3.8) is 0 Å². The van der Waals surface area contributed by atoms with Crippen LogP contribution >= 0.6 is 0 Å². The first kappa shape index (κ1) is 21.2. The van der Waals surface area contributed by atoms with E-state index in [4.69, 9.17) is 0 Å². The first-order valence-corrected chi connectivity index (χ1v) is 11.5. The van der Waals surface area contributed by atoms with Gasteiger partial charge in [0.15, 0.2) is 0 Å². The molecule has 3 atom stereocenters. The van der Waals surface area contributed by atoms with Gasteiger partial charge in [-0.2, -0.15) is 0 Å². The molecule has 1 fully saturated rings. The first-order valence-electron chi connectivity index (χ1n) is 11.5. The molecule has 0 spiro atoms. The van der Waals surface area contributed by atoms with Crippen LogP contribution in [0.2, 0.25) is 0 Å².